The maximum absolute atomic E-state index is 12.9. The van der Waals surface area contributed by atoms with Crippen molar-refractivity contribution in [1.82, 2.24) is 10.2 Å². The van der Waals surface area contributed by atoms with E-state index in [1.807, 2.05) is 31.3 Å². The number of nitrogens with one attached hydrogen (secondary N) is 1. The highest BCUT2D eigenvalue weighted by Crippen LogP contribution is 2.31. The Morgan fingerprint density at radius 3 is 2.44 bits per heavy atom. The van der Waals surface area contributed by atoms with E-state index in [-0.39, 0.29) is 18.3 Å². The van der Waals surface area contributed by atoms with Gasteiger partial charge in [-0.15, -0.1) is 12.4 Å². The fraction of sp³-hybridized carbons (Fsp3) is 0.611. The normalized spacial score (nSPS) is 15.8. The van der Waals surface area contributed by atoms with Crippen molar-refractivity contribution in [2.24, 2.45) is 5.41 Å². The lowest BCUT2D eigenvalue weighted by Gasteiger charge is -2.38. The third-order valence-corrected chi connectivity index (χ3v) is 4.54. The lowest BCUT2D eigenvalue weighted by molar-refractivity contribution is -0.146. The summed E-state index contributed by atoms with van der Waals surface area (Å²) >= 11 is 0. The highest BCUT2D eigenvalue weighted by atomic mass is 35.5. The molecular formula is C18H29ClN2O4. The molecule has 1 fully saturated rings. The number of piperidine rings is 1. The van der Waals surface area contributed by atoms with E-state index in [1.165, 1.54) is 0 Å². The molecule has 1 aromatic carbocycles. The number of rotatable bonds is 8. The number of hydrogen-bond acceptors (Lipinski definition) is 5. The number of carbonyl (C=O) groups is 1. The number of likely N-dealkylation sites (N-methyl/N-ethyl adjacent to an activating group) is 1. The van der Waals surface area contributed by atoms with Gasteiger partial charge in [0.1, 0.15) is 6.61 Å². The van der Waals surface area contributed by atoms with E-state index < -0.39 is 5.41 Å². The van der Waals surface area contributed by atoms with Gasteiger partial charge in [0, 0.05) is 14.2 Å². The summed E-state index contributed by atoms with van der Waals surface area (Å²) < 4.78 is 16.4. The third-order valence-electron chi connectivity index (χ3n) is 4.54. The first-order chi connectivity index (χ1) is 11.6. The summed E-state index contributed by atoms with van der Waals surface area (Å²) in [6.07, 6.45) is 1.61. The lowest BCUT2D eigenvalue weighted by Crippen LogP contribution is -2.51. The van der Waals surface area contributed by atoms with Crippen molar-refractivity contribution >= 4 is 18.3 Å². The van der Waals surface area contributed by atoms with Crippen molar-refractivity contribution in [3.8, 4) is 11.5 Å². The van der Waals surface area contributed by atoms with Gasteiger partial charge in [-0.3, -0.25) is 4.79 Å². The Labute approximate surface area is 156 Å². The number of halogens is 1. The van der Waals surface area contributed by atoms with Gasteiger partial charge in [-0.25, -0.2) is 0 Å². The molecule has 2 rings (SSSR count). The second kappa shape index (κ2) is 10.5. The Kier molecular flexibility index (Phi) is 9.03. The summed E-state index contributed by atoms with van der Waals surface area (Å²) in [5.74, 6) is 1.52. The van der Waals surface area contributed by atoms with E-state index in [4.69, 9.17) is 14.2 Å². The average Bonchev–Trinajstić information content (AvgIpc) is 2.62. The summed E-state index contributed by atoms with van der Waals surface area (Å²) in [7, 11) is 5.10. The molecule has 1 heterocycles. The van der Waals surface area contributed by atoms with Crippen molar-refractivity contribution in [2.45, 2.75) is 12.8 Å². The molecule has 0 aromatic heterocycles. The number of carbonyl (C=O) groups excluding carboxylic acids is 1. The van der Waals surface area contributed by atoms with Gasteiger partial charge < -0.3 is 24.4 Å². The van der Waals surface area contributed by atoms with Crippen LogP contribution in [0.4, 0.5) is 0 Å². The summed E-state index contributed by atoms with van der Waals surface area (Å²) in [6.45, 7) is 3.10. The second-order valence-electron chi connectivity index (χ2n) is 6.19. The number of nitrogens with zero attached hydrogens (tertiary/aromatic N) is 1. The molecule has 1 N–H and O–H groups in total. The van der Waals surface area contributed by atoms with Gasteiger partial charge >= 0.3 is 0 Å². The van der Waals surface area contributed by atoms with Crippen molar-refractivity contribution < 1.29 is 19.0 Å². The van der Waals surface area contributed by atoms with Crippen molar-refractivity contribution in [3.63, 3.8) is 0 Å². The number of amides is 1. The van der Waals surface area contributed by atoms with Crippen LogP contribution in [0.5, 0.6) is 11.5 Å². The predicted molar refractivity (Wildman–Crippen MR) is 99.8 cm³/mol. The minimum absolute atomic E-state index is 0. The quantitative estimate of drug-likeness (QED) is 0.756. The molecule has 7 heteroatoms. The van der Waals surface area contributed by atoms with Crippen LogP contribution in [0.15, 0.2) is 24.3 Å². The number of hydrogen-bond donors (Lipinski definition) is 1. The van der Waals surface area contributed by atoms with E-state index in [0.717, 1.165) is 25.9 Å². The summed E-state index contributed by atoms with van der Waals surface area (Å²) in [5.41, 5.74) is -0.417. The van der Waals surface area contributed by atoms with Crippen molar-refractivity contribution in [1.29, 1.82) is 0 Å². The minimum Gasteiger partial charge on any atom is -0.493 e. The first kappa shape index (κ1) is 21.5. The van der Waals surface area contributed by atoms with E-state index in [9.17, 15) is 4.79 Å². The van der Waals surface area contributed by atoms with E-state index in [0.29, 0.717) is 31.3 Å². The molecule has 0 unspecified atom stereocenters. The monoisotopic (exact) mass is 372 g/mol. The molecule has 142 valence electrons. The van der Waals surface area contributed by atoms with Crippen LogP contribution >= 0.6 is 12.4 Å². The van der Waals surface area contributed by atoms with Gasteiger partial charge in [0.05, 0.1) is 25.7 Å². The molecule has 1 aliphatic heterocycles. The van der Waals surface area contributed by atoms with Gasteiger partial charge in [0.2, 0.25) is 5.91 Å². The van der Waals surface area contributed by atoms with Crippen LogP contribution in [0.1, 0.15) is 12.8 Å². The molecule has 0 spiro atoms. The molecule has 1 amide bonds. The molecule has 1 aromatic rings. The Balaban J connectivity index is 0.00000312. The number of methoxy groups -OCH3 is 2. The molecular weight excluding hydrogens is 344 g/mol. The van der Waals surface area contributed by atoms with Crippen LogP contribution in [0.3, 0.4) is 0 Å². The molecule has 6 nitrogen and oxygen atoms in total. The number of ether oxygens (including phenoxy) is 3. The van der Waals surface area contributed by atoms with Crippen LogP contribution in [-0.2, 0) is 9.53 Å². The summed E-state index contributed by atoms with van der Waals surface area (Å²) in [6, 6.07) is 7.51. The Hall–Kier alpha value is -1.50. The van der Waals surface area contributed by atoms with E-state index in [1.54, 1.807) is 19.1 Å². The van der Waals surface area contributed by atoms with Crippen LogP contribution in [0.2, 0.25) is 0 Å². The Morgan fingerprint density at radius 2 is 1.84 bits per heavy atom. The van der Waals surface area contributed by atoms with Crippen LogP contribution in [-0.4, -0.2) is 64.9 Å². The zero-order valence-corrected chi connectivity index (χ0v) is 16.1. The highest BCUT2D eigenvalue weighted by molar-refractivity contribution is 5.85. The molecule has 0 aliphatic carbocycles. The molecule has 0 atom stereocenters. The van der Waals surface area contributed by atoms with Crippen molar-refractivity contribution in [2.75, 3.05) is 54.1 Å². The van der Waals surface area contributed by atoms with Gasteiger partial charge in [-0.2, -0.15) is 0 Å². The topological polar surface area (TPSA) is 60.0 Å². The SMILES string of the molecule is COCC1(C(=O)N(C)CCOc2ccccc2OC)CCNCC1.Cl. The highest BCUT2D eigenvalue weighted by Gasteiger charge is 2.41. The smallest absolute Gasteiger partial charge is 0.231 e. The molecule has 1 aliphatic rings. The minimum atomic E-state index is -0.417. The van der Waals surface area contributed by atoms with E-state index >= 15 is 0 Å². The second-order valence-corrected chi connectivity index (χ2v) is 6.19. The zero-order chi connectivity index (χ0) is 17.4. The zero-order valence-electron chi connectivity index (χ0n) is 15.2. The molecule has 25 heavy (non-hydrogen) atoms. The first-order valence-corrected chi connectivity index (χ1v) is 8.34. The number of benzene rings is 1. The molecule has 0 radical (unpaired) electrons. The first-order valence-electron chi connectivity index (χ1n) is 8.34. The maximum Gasteiger partial charge on any atom is 0.231 e. The fourth-order valence-corrected chi connectivity index (χ4v) is 3.14. The van der Waals surface area contributed by atoms with Crippen molar-refractivity contribution in [3.05, 3.63) is 24.3 Å². The fourth-order valence-electron chi connectivity index (χ4n) is 3.14. The molecule has 0 saturated carbocycles. The van der Waals surface area contributed by atoms with Gasteiger partial charge in [0.15, 0.2) is 11.5 Å². The largest absolute Gasteiger partial charge is 0.493 e. The Bertz CT molecular complexity index is 530. The van der Waals surface area contributed by atoms with Gasteiger partial charge in [-0.1, -0.05) is 12.1 Å². The Morgan fingerprint density at radius 1 is 1.20 bits per heavy atom. The third kappa shape index (κ3) is 5.49. The van der Waals surface area contributed by atoms with Crippen LogP contribution in [0, 0.1) is 5.41 Å². The summed E-state index contributed by atoms with van der Waals surface area (Å²) in [4.78, 5) is 14.7. The molecule has 0 bridgehead atoms. The summed E-state index contributed by atoms with van der Waals surface area (Å²) in [5, 5.41) is 3.30. The standard InChI is InChI=1S/C18H28N2O4.ClH/c1-20(12-13-24-16-7-5-4-6-15(16)23-3)17(21)18(14-22-2)8-10-19-11-9-18;/h4-7,19H,8-14H2,1-3H3;1H. The maximum atomic E-state index is 12.9. The van der Waals surface area contributed by atoms with E-state index in [2.05, 4.69) is 5.32 Å². The van der Waals surface area contributed by atoms with Crippen LogP contribution < -0.4 is 14.8 Å². The number of para-hydroxylation sites is 2. The molecule has 1 saturated heterocycles. The average molecular weight is 373 g/mol. The van der Waals surface area contributed by atoms with Crippen LogP contribution in [0.25, 0.3) is 0 Å². The van der Waals surface area contributed by atoms with Gasteiger partial charge in [-0.05, 0) is 38.1 Å². The lowest BCUT2D eigenvalue weighted by atomic mass is 9.78. The van der Waals surface area contributed by atoms with Gasteiger partial charge in [0.25, 0.3) is 0 Å². The predicted octanol–water partition coefficient (Wildman–Crippen LogP) is 1.97.